The number of nitrogen functional groups attached to an aromatic ring is 1. The molecule has 0 radical (unpaired) electrons. The van der Waals surface area contributed by atoms with Crippen LogP contribution in [0.15, 0.2) is 23.6 Å². The summed E-state index contributed by atoms with van der Waals surface area (Å²) in [6.07, 6.45) is -4.46. The molecule has 0 unspecified atom stereocenters. The molecule has 2 rings (SSSR count). The van der Waals surface area contributed by atoms with Gasteiger partial charge < -0.3 is 5.84 Å². The van der Waals surface area contributed by atoms with Gasteiger partial charge in [-0.1, -0.05) is 6.07 Å². The first-order valence-electron chi connectivity index (χ1n) is 3.94. The number of rotatable bonds is 1. The van der Waals surface area contributed by atoms with Crippen molar-refractivity contribution in [1.82, 2.24) is 9.89 Å². The molecule has 0 bridgehead atoms. The predicted octanol–water partition coefficient (Wildman–Crippen LogP) is 2.34. The maximum absolute atomic E-state index is 12.3. The quantitative estimate of drug-likeness (QED) is 0.768. The summed E-state index contributed by atoms with van der Waals surface area (Å²) in [6, 6.07) is 4.36. The van der Waals surface area contributed by atoms with E-state index in [1.54, 1.807) is 17.5 Å². The molecule has 0 aliphatic heterocycles. The molecule has 0 amide bonds. The fraction of sp³-hybridized carbons (Fsp3) is 0.125. The largest absolute Gasteiger partial charge is 0.435 e. The van der Waals surface area contributed by atoms with Crippen molar-refractivity contribution in [3.05, 3.63) is 29.3 Å². The minimum absolute atomic E-state index is 0.261. The molecule has 80 valence electrons. The Morgan fingerprint density at radius 3 is 2.60 bits per heavy atom. The maximum Gasteiger partial charge on any atom is 0.435 e. The number of hydrogen-bond acceptors (Lipinski definition) is 3. The van der Waals surface area contributed by atoms with Gasteiger partial charge in [-0.05, 0) is 17.5 Å². The summed E-state index contributed by atoms with van der Waals surface area (Å²) >= 11 is 1.31. The van der Waals surface area contributed by atoms with Gasteiger partial charge in [-0.2, -0.15) is 18.0 Å². The van der Waals surface area contributed by atoms with E-state index in [2.05, 4.69) is 5.10 Å². The molecule has 0 atom stereocenters. The summed E-state index contributed by atoms with van der Waals surface area (Å²) in [4.78, 5) is 1.40. The lowest BCUT2D eigenvalue weighted by Crippen LogP contribution is -2.13. The summed E-state index contributed by atoms with van der Waals surface area (Å²) < 4.78 is 36.9. The van der Waals surface area contributed by atoms with E-state index in [1.807, 2.05) is 0 Å². The monoisotopic (exact) mass is 233 g/mol. The first kappa shape index (κ1) is 10.0. The molecule has 0 fully saturated rings. The van der Waals surface area contributed by atoms with Crippen molar-refractivity contribution < 1.29 is 13.2 Å². The number of thiophene rings is 1. The molecule has 15 heavy (non-hydrogen) atoms. The average molecular weight is 233 g/mol. The van der Waals surface area contributed by atoms with Crippen LogP contribution in [0.5, 0.6) is 0 Å². The van der Waals surface area contributed by atoms with Gasteiger partial charge in [-0.25, -0.2) is 0 Å². The zero-order valence-corrected chi connectivity index (χ0v) is 8.14. The van der Waals surface area contributed by atoms with E-state index in [0.29, 0.717) is 4.88 Å². The molecule has 3 nitrogen and oxygen atoms in total. The number of aromatic nitrogens is 2. The van der Waals surface area contributed by atoms with Crippen molar-refractivity contribution in [3.63, 3.8) is 0 Å². The summed E-state index contributed by atoms with van der Waals surface area (Å²) in [7, 11) is 0. The van der Waals surface area contributed by atoms with Crippen molar-refractivity contribution in [3.8, 4) is 10.6 Å². The highest BCUT2D eigenvalue weighted by Gasteiger charge is 2.35. The summed E-state index contributed by atoms with van der Waals surface area (Å²) in [6.45, 7) is 0. The Morgan fingerprint density at radius 2 is 2.13 bits per heavy atom. The lowest BCUT2D eigenvalue weighted by Gasteiger charge is -1.98. The van der Waals surface area contributed by atoms with E-state index in [-0.39, 0.29) is 5.69 Å². The van der Waals surface area contributed by atoms with Gasteiger partial charge in [0.1, 0.15) is 5.69 Å². The minimum Gasteiger partial charge on any atom is -0.323 e. The molecular formula is C8H6F3N3S. The Bertz CT molecular complexity index is 458. The Balaban J connectivity index is 2.47. The average Bonchev–Trinajstić information content (AvgIpc) is 2.69. The van der Waals surface area contributed by atoms with E-state index in [9.17, 15) is 13.2 Å². The van der Waals surface area contributed by atoms with Crippen LogP contribution in [0.3, 0.4) is 0 Å². The van der Waals surface area contributed by atoms with Gasteiger partial charge in [-0.3, -0.25) is 0 Å². The van der Waals surface area contributed by atoms with E-state index in [1.165, 1.54) is 11.3 Å². The van der Waals surface area contributed by atoms with Crippen LogP contribution in [0.4, 0.5) is 13.2 Å². The first-order chi connectivity index (χ1) is 6.98. The lowest BCUT2D eigenvalue weighted by atomic mass is 10.3. The molecule has 2 N–H and O–H groups in total. The molecule has 2 aromatic heterocycles. The van der Waals surface area contributed by atoms with Gasteiger partial charge >= 0.3 is 6.18 Å². The van der Waals surface area contributed by atoms with Crippen LogP contribution < -0.4 is 5.84 Å². The molecule has 0 saturated heterocycles. The standard InChI is InChI=1S/C8H6F3N3S/c9-8(10,11)7-4-5(14(12)13-7)6-2-1-3-15-6/h1-4H,12H2. The number of alkyl halides is 3. The van der Waals surface area contributed by atoms with Gasteiger partial charge in [-0.15, -0.1) is 16.4 Å². The van der Waals surface area contributed by atoms with Crippen molar-refractivity contribution in [2.24, 2.45) is 0 Å². The third kappa shape index (κ3) is 1.82. The van der Waals surface area contributed by atoms with Gasteiger partial charge in [0.25, 0.3) is 0 Å². The zero-order chi connectivity index (χ0) is 11.1. The van der Waals surface area contributed by atoms with Crippen LogP contribution in [-0.2, 0) is 6.18 Å². The number of nitrogens with zero attached hydrogens (tertiary/aromatic N) is 2. The van der Waals surface area contributed by atoms with Gasteiger partial charge in [0.2, 0.25) is 0 Å². The molecule has 2 heterocycles. The molecule has 2 aromatic rings. The summed E-state index contributed by atoms with van der Waals surface area (Å²) in [5.41, 5.74) is -0.717. The Hall–Kier alpha value is -1.50. The molecule has 0 saturated carbocycles. The highest BCUT2D eigenvalue weighted by molar-refractivity contribution is 7.13. The normalized spacial score (nSPS) is 11.9. The highest BCUT2D eigenvalue weighted by atomic mass is 32.1. The highest BCUT2D eigenvalue weighted by Crippen LogP contribution is 2.32. The molecule has 0 aliphatic carbocycles. The molecular weight excluding hydrogens is 227 g/mol. The van der Waals surface area contributed by atoms with Crippen molar-refractivity contribution in [1.29, 1.82) is 0 Å². The fourth-order valence-electron chi connectivity index (χ4n) is 1.14. The van der Waals surface area contributed by atoms with Crippen LogP contribution in [0.25, 0.3) is 10.6 Å². The Labute approximate surface area is 86.9 Å². The summed E-state index contributed by atoms with van der Waals surface area (Å²) in [5.74, 6) is 5.34. The van der Waals surface area contributed by atoms with Crippen LogP contribution in [0.1, 0.15) is 5.69 Å². The van der Waals surface area contributed by atoms with Gasteiger partial charge in [0.05, 0.1) is 4.88 Å². The SMILES string of the molecule is Nn1nc(C(F)(F)F)cc1-c1cccs1. The van der Waals surface area contributed by atoms with Crippen molar-refractivity contribution >= 4 is 11.3 Å². The van der Waals surface area contributed by atoms with Crippen molar-refractivity contribution in [2.75, 3.05) is 5.84 Å². The Kier molecular flexibility index (Phi) is 2.18. The molecule has 0 spiro atoms. The smallest absolute Gasteiger partial charge is 0.323 e. The van der Waals surface area contributed by atoms with E-state index in [0.717, 1.165) is 10.9 Å². The number of halogens is 3. The van der Waals surface area contributed by atoms with Gasteiger partial charge in [0.15, 0.2) is 5.69 Å². The van der Waals surface area contributed by atoms with E-state index < -0.39 is 11.9 Å². The topological polar surface area (TPSA) is 43.8 Å². The molecule has 0 aliphatic rings. The summed E-state index contributed by atoms with van der Waals surface area (Å²) in [5, 5.41) is 4.97. The fourth-order valence-corrected chi connectivity index (χ4v) is 1.88. The Morgan fingerprint density at radius 1 is 1.40 bits per heavy atom. The van der Waals surface area contributed by atoms with Crippen molar-refractivity contribution in [2.45, 2.75) is 6.18 Å². The minimum atomic E-state index is -4.46. The maximum atomic E-state index is 12.3. The number of nitrogens with two attached hydrogens (primary N) is 1. The third-order valence-electron chi connectivity index (χ3n) is 1.80. The van der Waals surface area contributed by atoms with Crippen LogP contribution in [0.2, 0.25) is 0 Å². The molecule has 7 heteroatoms. The second-order valence-electron chi connectivity index (χ2n) is 2.83. The third-order valence-corrected chi connectivity index (χ3v) is 2.69. The van der Waals surface area contributed by atoms with Gasteiger partial charge in [0, 0.05) is 0 Å². The van der Waals surface area contributed by atoms with Crippen LogP contribution in [0, 0.1) is 0 Å². The lowest BCUT2D eigenvalue weighted by molar-refractivity contribution is -0.141. The second-order valence-corrected chi connectivity index (χ2v) is 3.78. The predicted molar refractivity (Wildman–Crippen MR) is 50.7 cm³/mol. The van der Waals surface area contributed by atoms with Crippen LogP contribution >= 0.6 is 11.3 Å². The molecule has 0 aromatic carbocycles. The zero-order valence-electron chi connectivity index (χ0n) is 7.32. The number of hydrogen-bond donors (Lipinski definition) is 1. The van der Waals surface area contributed by atoms with E-state index in [4.69, 9.17) is 5.84 Å². The van der Waals surface area contributed by atoms with Crippen LogP contribution in [-0.4, -0.2) is 9.89 Å². The van der Waals surface area contributed by atoms with E-state index >= 15 is 0 Å². The first-order valence-corrected chi connectivity index (χ1v) is 4.82. The second kappa shape index (κ2) is 3.27.